The summed E-state index contributed by atoms with van der Waals surface area (Å²) in [5.41, 5.74) is 3.15. The molecule has 128 valence electrons. The van der Waals surface area contributed by atoms with E-state index in [-0.39, 0.29) is 6.10 Å². The number of piperidine rings is 1. The van der Waals surface area contributed by atoms with E-state index in [0.717, 1.165) is 65.9 Å². The van der Waals surface area contributed by atoms with Crippen LogP contribution in [0, 0.1) is 6.92 Å². The van der Waals surface area contributed by atoms with Crippen molar-refractivity contribution in [1.82, 2.24) is 14.9 Å². The lowest BCUT2D eigenvalue weighted by atomic mass is 10.1. The third-order valence-corrected chi connectivity index (χ3v) is 4.93. The van der Waals surface area contributed by atoms with Crippen LogP contribution < -0.4 is 10.1 Å². The summed E-state index contributed by atoms with van der Waals surface area (Å²) in [6.45, 7) is 6.15. The number of halogens is 1. The van der Waals surface area contributed by atoms with Gasteiger partial charge in [0.2, 0.25) is 0 Å². The summed E-state index contributed by atoms with van der Waals surface area (Å²) < 4.78 is 14.1. The van der Waals surface area contributed by atoms with E-state index < -0.39 is 0 Å². The lowest BCUT2D eigenvalue weighted by Gasteiger charge is -2.26. The van der Waals surface area contributed by atoms with Gasteiger partial charge in [0.1, 0.15) is 24.3 Å². The SMILES string of the molecule is Cc1cc(Cl)cc(-c2cnc3n2CCOC3)c1OC1CCNCC1. The minimum atomic E-state index is 0.247. The zero-order valence-electron chi connectivity index (χ0n) is 13.8. The Hall–Kier alpha value is -1.56. The maximum atomic E-state index is 6.42. The molecule has 0 bridgehead atoms. The van der Waals surface area contributed by atoms with Crippen molar-refractivity contribution in [3.8, 4) is 17.0 Å². The van der Waals surface area contributed by atoms with Crippen LogP contribution in [0.25, 0.3) is 11.3 Å². The van der Waals surface area contributed by atoms with E-state index >= 15 is 0 Å². The van der Waals surface area contributed by atoms with Gasteiger partial charge in [0.15, 0.2) is 0 Å². The number of rotatable bonds is 3. The minimum absolute atomic E-state index is 0.247. The van der Waals surface area contributed by atoms with E-state index in [2.05, 4.69) is 21.8 Å². The van der Waals surface area contributed by atoms with Crippen molar-refractivity contribution < 1.29 is 9.47 Å². The molecule has 1 aromatic carbocycles. The summed E-state index contributed by atoms with van der Waals surface area (Å²) in [6.07, 6.45) is 4.21. The number of ether oxygens (including phenoxy) is 2. The molecule has 1 saturated heterocycles. The molecule has 5 nitrogen and oxygen atoms in total. The van der Waals surface area contributed by atoms with Crippen molar-refractivity contribution in [2.75, 3.05) is 19.7 Å². The highest BCUT2D eigenvalue weighted by Crippen LogP contribution is 2.38. The van der Waals surface area contributed by atoms with Gasteiger partial charge in [-0.15, -0.1) is 0 Å². The van der Waals surface area contributed by atoms with E-state index in [1.54, 1.807) is 0 Å². The summed E-state index contributed by atoms with van der Waals surface area (Å²) in [6, 6.07) is 3.96. The molecule has 0 amide bonds. The van der Waals surface area contributed by atoms with Crippen LogP contribution in [0.2, 0.25) is 5.02 Å². The predicted molar refractivity (Wildman–Crippen MR) is 93.6 cm³/mol. The molecule has 0 aliphatic carbocycles. The van der Waals surface area contributed by atoms with Gasteiger partial charge >= 0.3 is 0 Å². The van der Waals surface area contributed by atoms with Crippen molar-refractivity contribution in [1.29, 1.82) is 0 Å². The minimum Gasteiger partial charge on any atom is -0.489 e. The molecule has 6 heteroatoms. The fraction of sp³-hybridized carbons (Fsp3) is 0.500. The van der Waals surface area contributed by atoms with Crippen LogP contribution in [0.15, 0.2) is 18.3 Å². The summed E-state index contributed by atoms with van der Waals surface area (Å²) in [7, 11) is 0. The number of nitrogens with zero attached hydrogens (tertiary/aromatic N) is 2. The Balaban J connectivity index is 1.75. The number of aryl methyl sites for hydroxylation is 1. The second-order valence-corrected chi connectivity index (χ2v) is 6.87. The summed E-state index contributed by atoms with van der Waals surface area (Å²) >= 11 is 6.35. The van der Waals surface area contributed by atoms with Crippen molar-refractivity contribution in [3.63, 3.8) is 0 Å². The Bertz CT molecular complexity index is 738. The average Bonchev–Trinajstić information content (AvgIpc) is 3.02. The lowest BCUT2D eigenvalue weighted by molar-refractivity contribution is 0.0821. The van der Waals surface area contributed by atoms with Gasteiger partial charge in [0.25, 0.3) is 0 Å². The molecule has 0 atom stereocenters. The number of imidazole rings is 1. The Morgan fingerprint density at radius 1 is 1.33 bits per heavy atom. The Kier molecular flexibility index (Phi) is 4.48. The highest BCUT2D eigenvalue weighted by molar-refractivity contribution is 6.31. The van der Waals surface area contributed by atoms with Gasteiger partial charge in [-0.25, -0.2) is 4.98 Å². The van der Waals surface area contributed by atoms with Gasteiger partial charge in [-0.3, -0.25) is 0 Å². The van der Waals surface area contributed by atoms with Crippen LogP contribution >= 0.6 is 11.6 Å². The summed E-state index contributed by atoms with van der Waals surface area (Å²) in [5, 5.41) is 4.10. The Morgan fingerprint density at radius 3 is 3.00 bits per heavy atom. The lowest BCUT2D eigenvalue weighted by Crippen LogP contribution is -2.34. The fourth-order valence-electron chi connectivity index (χ4n) is 3.47. The first-order valence-electron chi connectivity index (χ1n) is 8.52. The molecule has 4 rings (SSSR count). The molecule has 1 aromatic heterocycles. The van der Waals surface area contributed by atoms with Crippen molar-refractivity contribution in [3.05, 3.63) is 34.7 Å². The number of benzene rings is 1. The van der Waals surface area contributed by atoms with Gasteiger partial charge in [-0.1, -0.05) is 11.6 Å². The Morgan fingerprint density at radius 2 is 2.17 bits per heavy atom. The number of aromatic nitrogens is 2. The van der Waals surface area contributed by atoms with Crippen LogP contribution in [0.4, 0.5) is 0 Å². The maximum Gasteiger partial charge on any atom is 0.135 e. The number of hydrogen-bond acceptors (Lipinski definition) is 4. The number of nitrogens with one attached hydrogen (secondary N) is 1. The second kappa shape index (κ2) is 6.75. The van der Waals surface area contributed by atoms with Crippen molar-refractivity contribution in [2.24, 2.45) is 0 Å². The van der Waals surface area contributed by atoms with Gasteiger partial charge in [-0.2, -0.15) is 0 Å². The van der Waals surface area contributed by atoms with Gasteiger partial charge in [0.05, 0.1) is 18.5 Å². The molecule has 3 heterocycles. The van der Waals surface area contributed by atoms with Crippen LogP contribution in [-0.2, 0) is 17.9 Å². The van der Waals surface area contributed by atoms with Crippen LogP contribution in [-0.4, -0.2) is 35.4 Å². The summed E-state index contributed by atoms with van der Waals surface area (Å²) in [5.74, 6) is 1.89. The standard InChI is InChI=1S/C18H22ClN3O2/c1-12-8-13(19)9-15(18(12)24-14-2-4-20-5-3-14)16-10-21-17-11-23-7-6-22(16)17/h8-10,14,20H,2-7,11H2,1H3. The first-order valence-corrected chi connectivity index (χ1v) is 8.90. The maximum absolute atomic E-state index is 6.42. The normalized spacial score (nSPS) is 18.4. The molecule has 0 saturated carbocycles. The molecule has 0 unspecified atom stereocenters. The third-order valence-electron chi connectivity index (χ3n) is 4.71. The van der Waals surface area contributed by atoms with E-state index in [4.69, 9.17) is 21.1 Å². The zero-order valence-corrected chi connectivity index (χ0v) is 14.6. The number of fused-ring (bicyclic) bond motifs is 1. The van der Waals surface area contributed by atoms with Crippen LogP contribution in [0.1, 0.15) is 24.2 Å². The molecule has 24 heavy (non-hydrogen) atoms. The van der Waals surface area contributed by atoms with Crippen molar-refractivity contribution in [2.45, 2.75) is 39.0 Å². The molecular formula is C18H22ClN3O2. The quantitative estimate of drug-likeness (QED) is 0.926. The van der Waals surface area contributed by atoms with Crippen LogP contribution in [0.3, 0.4) is 0 Å². The molecule has 1 fully saturated rings. The highest BCUT2D eigenvalue weighted by Gasteiger charge is 2.22. The van der Waals surface area contributed by atoms with E-state index in [1.165, 1.54) is 0 Å². The molecule has 0 spiro atoms. The first-order chi connectivity index (χ1) is 11.7. The van der Waals surface area contributed by atoms with E-state index in [1.807, 2.05) is 18.3 Å². The Labute approximate surface area is 146 Å². The second-order valence-electron chi connectivity index (χ2n) is 6.43. The fourth-order valence-corrected chi connectivity index (χ4v) is 3.74. The van der Waals surface area contributed by atoms with Crippen molar-refractivity contribution >= 4 is 11.6 Å². The smallest absolute Gasteiger partial charge is 0.135 e. The molecule has 1 N–H and O–H groups in total. The summed E-state index contributed by atoms with van der Waals surface area (Å²) in [4.78, 5) is 4.51. The highest BCUT2D eigenvalue weighted by atomic mass is 35.5. The average molecular weight is 348 g/mol. The van der Waals surface area contributed by atoms with E-state index in [9.17, 15) is 0 Å². The predicted octanol–water partition coefficient (Wildman–Crippen LogP) is 3.17. The van der Waals surface area contributed by atoms with Gasteiger partial charge in [-0.05, 0) is 50.6 Å². The number of hydrogen-bond donors (Lipinski definition) is 1. The first kappa shape index (κ1) is 15.9. The van der Waals surface area contributed by atoms with E-state index in [0.29, 0.717) is 13.2 Å². The molecule has 2 aliphatic rings. The third kappa shape index (κ3) is 3.04. The molecule has 2 aliphatic heterocycles. The van der Waals surface area contributed by atoms with Crippen LogP contribution in [0.5, 0.6) is 5.75 Å². The topological polar surface area (TPSA) is 48.3 Å². The monoisotopic (exact) mass is 347 g/mol. The van der Waals surface area contributed by atoms with Gasteiger partial charge < -0.3 is 19.4 Å². The largest absolute Gasteiger partial charge is 0.489 e. The molecular weight excluding hydrogens is 326 g/mol. The molecule has 0 radical (unpaired) electrons. The van der Waals surface area contributed by atoms with Gasteiger partial charge in [0, 0.05) is 17.1 Å². The molecule has 2 aromatic rings. The zero-order chi connectivity index (χ0) is 16.5.